The summed E-state index contributed by atoms with van der Waals surface area (Å²) in [5.41, 5.74) is 6.34. The van der Waals surface area contributed by atoms with E-state index in [0.717, 1.165) is 28.2 Å². The van der Waals surface area contributed by atoms with E-state index < -0.39 is 5.92 Å². The van der Waals surface area contributed by atoms with E-state index in [1.807, 2.05) is 68.4 Å². The number of ketones is 1. The number of hydrogen-bond donors (Lipinski definition) is 2. The van der Waals surface area contributed by atoms with Crippen molar-refractivity contribution in [1.29, 1.82) is 0 Å². The molecule has 42 heavy (non-hydrogen) atoms. The highest BCUT2D eigenvalue weighted by atomic mass is 16.5. The van der Waals surface area contributed by atoms with Crippen LogP contribution in [-0.4, -0.2) is 47.1 Å². The van der Waals surface area contributed by atoms with Crippen LogP contribution in [0.5, 0.6) is 17.2 Å². The van der Waals surface area contributed by atoms with Crippen LogP contribution in [-0.2, 0) is 9.59 Å². The Bertz CT molecular complexity index is 1550. The van der Waals surface area contributed by atoms with Gasteiger partial charge >= 0.3 is 0 Å². The maximum atomic E-state index is 14.0. The van der Waals surface area contributed by atoms with Gasteiger partial charge in [0.25, 0.3) is 5.91 Å². The zero-order valence-electron chi connectivity index (χ0n) is 24.9. The fourth-order valence-electron chi connectivity index (χ4n) is 5.85. The molecule has 1 amide bonds. The van der Waals surface area contributed by atoms with Gasteiger partial charge in [0.1, 0.15) is 5.75 Å². The number of Topliss-reactive ketones (excluding diaryl/α,β-unsaturated/α-hetero) is 1. The molecule has 2 aliphatic rings. The van der Waals surface area contributed by atoms with Gasteiger partial charge in [-0.25, -0.2) is 0 Å². The first kappa shape index (κ1) is 28.8. The Morgan fingerprint density at radius 1 is 0.857 bits per heavy atom. The quantitative estimate of drug-likeness (QED) is 0.357. The van der Waals surface area contributed by atoms with E-state index in [2.05, 4.69) is 10.6 Å². The van der Waals surface area contributed by atoms with E-state index in [4.69, 9.17) is 14.2 Å². The maximum Gasteiger partial charge on any atom is 0.254 e. The summed E-state index contributed by atoms with van der Waals surface area (Å²) in [5, 5.41) is 6.49. The van der Waals surface area contributed by atoms with Gasteiger partial charge in [-0.05, 0) is 78.9 Å². The van der Waals surface area contributed by atoms with E-state index in [1.54, 1.807) is 45.6 Å². The molecule has 0 aromatic heterocycles. The lowest BCUT2D eigenvalue weighted by atomic mass is 9.71. The Morgan fingerprint density at radius 3 is 2.14 bits per heavy atom. The number of methoxy groups -OCH3 is 3. The van der Waals surface area contributed by atoms with E-state index in [-0.39, 0.29) is 17.6 Å². The number of ether oxygens (including phenoxy) is 3. The Balaban J connectivity index is 1.53. The number of nitrogens with one attached hydrogen (secondary N) is 2. The number of benzene rings is 3. The van der Waals surface area contributed by atoms with Crippen LogP contribution in [0.1, 0.15) is 42.7 Å². The molecule has 1 aliphatic heterocycles. The first-order valence-corrected chi connectivity index (χ1v) is 13.9. The molecule has 0 bridgehead atoms. The molecule has 2 atom stereocenters. The van der Waals surface area contributed by atoms with Crippen LogP contribution in [0.3, 0.4) is 0 Å². The normalized spacial score (nSPS) is 18.2. The molecule has 0 unspecified atom stereocenters. The molecule has 3 aromatic carbocycles. The fourth-order valence-corrected chi connectivity index (χ4v) is 5.85. The smallest absolute Gasteiger partial charge is 0.254 e. The van der Waals surface area contributed by atoms with Crippen molar-refractivity contribution in [3.63, 3.8) is 0 Å². The first-order valence-electron chi connectivity index (χ1n) is 13.9. The molecule has 5 rings (SSSR count). The molecule has 218 valence electrons. The Hall–Kier alpha value is -4.72. The Morgan fingerprint density at radius 2 is 1.52 bits per heavy atom. The molecule has 0 radical (unpaired) electrons. The zero-order chi connectivity index (χ0) is 30.0. The van der Waals surface area contributed by atoms with Gasteiger partial charge in [-0.15, -0.1) is 0 Å². The summed E-state index contributed by atoms with van der Waals surface area (Å²) in [6, 6.07) is 21.1. The second kappa shape index (κ2) is 12.0. The molecular weight excluding hydrogens is 530 g/mol. The van der Waals surface area contributed by atoms with E-state index in [0.29, 0.717) is 46.9 Å². The molecule has 0 spiro atoms. The number of anilines is 2. The minimum atomic E-state index is -0.505. The summed E-state index contributed by atoms with van der Waals surface area (Å²) in [7, 11) is 8.78. The number of amides is 1. The number of rotatable bonds is 8. The second-order valence-electron chi connectivity index (χ2n) is 10.8. The van der Waals surface area contributed by atoms with Crippen LogP contribution < -0.4 is 29.7 Å². The van der Waals surface area contributed by atoms with E-state index in [9.17, 15) is 9.59 Å². The van der Waals surface area contributed by atoms with Gasteiger partial charge in [0.2, 0.25) is 0 Å². The molecule has 0 saturated heterocycles. The summed E-state index contributed by atoms with van der Waals surface area (Å²) in [5.74, 6) is 1.20. The summed E-state index contributed by atoms with van der Waals surface area (Å²) < 4.78 is 16.2. The van der Waals surface area contributed by atoms with Crippen molar-refractivity contribution in [3.05, 3.63) is 100 Å². The highest BCUT2D eigenvalue weighted by molar-refractivity contribution is 6.10. The van der Waals surface area contributed by atoms with Crippen molar-refractivity contribution in [2.75, 3.05) is 45.6 Å². The lowest BCUT2D eigenvalue weighted by Gasteiger charge is -2.37. The van der Waals surface area contributed by atoms with Gasteiger partial charge in [-0.3, -0.25) is 9.59 Å². The van der Waals surface area contributed by atoms with Crippen molar-refractivity contribution in [1.82, 2.24) is 5.32 Å². The number of nitrogens with zero attached hydrogens (tertiary/aromatic N) is 1. The number of carbonyl (C=O) groups is 2. The van der Waals surface area contributed by atoms with Crippen molar-refractivity contribution in [2.24, 2.45) is 0 Å². The molecule has 1 aliphatic carbocycles. The highest BCUT2D eigenvalue weighted by Gasteiger charge is 2.41. The van der Waals surface area contributed by atoms with E-state index >= 15 is 0 Å². The minimum absolute atomic E-state index is 0.0208. The molecule has 1 heterocycles. The lowest BCUT2D eigenvalue weighted by molar-refractivity contribution is -0.116. The number of hydrogen-bond acceptors (Lipinski definition) is 7. The Labute approximate surface area is 247 Å². The lowest BCUT2D eigenvalue weighted by Crippen LogP contribution is -2.37. The van der Waals surface area contributed by atoms with Crippen LogP contribution in [0.4, 0.5) is 11.4 Å². The molecule has 3 aromatic rings. The average Bonchev–Trinajstić information content (AvgIpc) is 3.00. The van der Waals surface area contributed by atoms with Gasteiger partial charge in [0, 0.05) is 60.3 Å². The molecule has 8 nitrogen and oxygen atoms in total. The number of dihydropyridines is 1. The average molecular weight is 568 g/mol. The van der Waals surface area contributed by atoms with Crippen molar-refractivity contribution in [3.8, 4) is 17.2 Å². The van der Waals surface area contributed by atoms with Crippen LogP contribution in [0.2, 0.25) is 0 Å². The van der Waals surface area contributed by atoms with Crippen LogP contribution in [0.25, 0.3) is 0 Å². The van der Waals surface area contributed by atoms with Crippen LogP contribution in [0.15, 0.2) is 89.3 Å². The number of carbonyl (C=O) groups excluding carboxylic acids is 2. The first-order chi connectivity index (χ1) is 20.2. The van der Waals surface area contributed by atoms with Crippen molar-refractivity contribution < 1.29 is 23.8 Å². The molecule has 8 heteroatoms. The monoisotopic (exact) mass is 567 g/mol. The van der Waals surface area contributed by atoms with Gasteiger partial charge in [-0.2, -0.15) is 0 Å². The highest BCUT2D eigenvalue weighted by Crippen LogP contribution is 2.46. The van der Waals surface area contributed by atoms with Crippen LogP contribution >= 0.6 is 0 Å². The fraction of sp³-hybridized carbons (Fsp3) is 0.294. The summed E-state index contributed by atoms with van der Waals surface area (Å²) in [6.45, 7) is 1.90. The Kier molecular flexibility index (Phi) is 8.24. The van der Waals surface area contributed by atoms with Gasteiger partial charge in [-0.1, -0.05) is 18.2 Å². The third-order valence-corrected chi connectivity index (χ3v) is 8.04. The maximum absolute atomic E-state index is 14.0. The predicted octanol–water partition coefficient (Wildman–Crippen LogP) is 5.78. The van der Waals surface area contributed by atoms with E-state index in [1.165, 1.54) is 0 Å². The predicted molar refractivity (Wildman–Crippen MR) is 165 cm³/mol. The van der Waals surface area contributed by atoms with Gasteiger partial charge in [0.05, 0.1) is 21.3 Å². The van der Waals surface area contributed by atoms with Crippen molar-refractivity contribution >= 4 is 23.1 Å². The summed E-state index contributed by atoms with van der Waals surface area (Å²) in [6.07, 6.45) is 0.961. The minimum Gasteiger partial charge on any atom is -0.497 e. The van der Waals surface area contributed by atoms with Gasteiger partial charge in [0.15, 0.2) is 17.3 Å². The standard InChI is InChI=1S/C34H37N3O5/c1-20-31(34(39)36-24-10-14-26(40-4)15-11-24)32(21-7-12-25(13-8-21)37(2)3)33-27(35-20)17-23(18-28(33)38)22-9-16-29(41-5)30(19-22)42-6/h7-16,19,23,32,35H,17-18H2,1-6H3,(H,36,39)/t23-,32+/m1/s1. The van der Waals surface area contributed by atoms with Crippen LogP contribution in [0, 0.1) is 0 Å². The molecule has 0 saturated carbocycles. The third kappa shape index (κ3) is 5.57. The molecular formula is C34H37N3O5. The summed E-state index contributed by atoms with van der Waals surface area (Å²) >= 11 is 0. The summed E-state index contributed by atoms with van der Waals surface area (Å²) in [4.78, 5) is 29.9. The largest absolute Gasteiger partial charge is 0.497 e. The zero-order valence-corrected chi connectivity index (χ0v) is 24.9. The molecule has 2 N–H and O–H groups in total. The third-order valence-electron chi connectivity index (χ3n) is 8.04. The SMILES string of the molecule is COc1ccc(NC(=O)C2=C(C)NC3=C(C(=O)C[C@H](c4ccc(OC)c(OC)c4)C3)[C@H]2c2ccc(N(C)C)cc2)cc1. The van der Waals surface area contributed by atoms with Gasteiger partial charge < -0.3 is 29.7 Å². The molecule has 0 fully saturated rings. The van der Waals surface area contributed by atoms with Crippen molar-refractivity contribution in [2.45, 2.75) is 31.6 Å². The second-order valence-corrected chi connectivity index (χ2v) is 10.8. The number of allylic oxidation sites excluding steroid dienone is 3. The topological polar surface area (TPSA) is 89.1 Å².